The predicted octanol–water partition coefficient (Wildman–Crippen LogP) is 1.88. The van der Waals surface area contributed by atoms with E-state index in [4.69, 9.17) is 5.11 Å². The number of carboxylic acid groups (broad SMARTS) is 1. The highest BCUT2D eigenvalue weighted by Crippen LogP contribution is 2.16. The molecule has 1 aromatic heterocycles. The maximum atomic E-state index is 12.5. The number of nitrogens with zero attached hydrogens (tertiary/aromatic N) is 3. The third kappa shape index (κ3) is 4.12. The standard InChI is InChI=1S/C18H20N4O3/c1-12-8-13(10-14(9-12)17(24)25)16(23)21-15-4-2-7-22(11-15)18-19-5-3-6-20-18/h3,5-6,8-10,15H,2,4,7,11H2,1H3,(H,21,23)(H,24,25). The molecule has 0 saturated carbocycles. The van der Waals surface area contributed by atoms with E-state index in [9.17, 15) is 9.59 Å². The molecular formula is C18H20N4O3. The molecule has 0 aliphatic carbocycles. The second-order valence-corrected chi connectivity index (χ2v) is 6.20. The molecule has 25 heavy (non-hydrogen) atoms. The number of anilines is 1. The van der Waals surface area contributed by atoms with Crippen molar-refractivity contribution in [3.8, 4) is 0 Å². The number of carbonyl (C=O) groups excluding carboxylic acids is 1. The molecule has 2 aromatic rings. The van der Waals surface area contributed by atoms with Crippen molar-refractivity contribution in [3.63, 3.8) is 0 Å². The van der Waals surface area contributed by atoms with Crippen molar-refractivity contribution in [2.45, 2.75) is 25.8 Å². The van der Waals surface area contributed by atoms with Crippen LogP contribution in [0.15, 0.2) is 36.7 Å². The van der Waals surface area contributed by atoms with Crippen molar-refractivity contribution in [1.82, 2.24) is 15.3 Å². The van der Waals surface area contributed by atoms with Crippen LogP contribution in [-0.2, 0) is 0 Å². The fourth-order valence-corrected chi connectivity index (χ4v) is 3.04. The quantitative estimate of drug-likeness (QED) is 0.882. The highest BCUT2D eigenvalue weighted by molar-refractivity contribution is 5.98. The van der Waals surface area contributed by atoms with Gasteiger partial charge in [0, 0.05) is 37.1 Å². The maximum Gasteiger partial charge on any atom is 0.335 e. The van der Waals surface area contributed by atoms with Gasteiger partial charge in [-0.3, -0.25) is 4.79 Å². The Hall–Kier alpha value is -2.96. The molecule has 0 spiro atoms. The first-order chi connectivity index (χ1) is 12.0. The van der Waals surface area contributed by atoms with Gasteiger partial charge in [-0.05, 0) is 49.6 Å². The molecule has 0 radical (unpaired) electrons. The normalized spacial score (nSPS) is 17.2. The van der Waals surface area contributed by atoms with Gasteiger partial charge < -0.3 is 15.3 Å². The number of rotatable bonds is 4. The minimum Gasteiger partial charge on any atom is -0.478 e. The van der Waals surface area contributed by atoms with Crippen molar-refractivity contribution < 1.29 is 14.7 Å². The number of hydrogen-bond acceptors (Lipinski definition) is 5. The minimum atomic E-state index is -1.04. The Morgan fingerprint density at radius 2 is 1.92 bits per heavy atom. The van der Waals surface area contributed by atoms with Crippen LogP contribution >= 0.6 is 0 Å². The Balaban J connectivity index is 1.69. The highest BCUT2D eigenvalue weighted by atomic mass is 16.4. The number of carboxylic acids is 1. The number of aromatic carboxylic acids is 1. The summed E-state index contributed by atoms with van der Waals surface area (Å²) in [6.45, 7) is 3.26. The zero-order valence-corrected chi connectivity index (χ0v) is 14.0. The molecule has 3 rings (SSSR count). The van der Waals surface area contributed by atoms with E-state index in [-0.39, 0.29) is 17.5 Å². The average Bonchev–Trinajstić information content (AvgIpc) is 2.62. The summed E-state index contributed by atoms with van der Waals surface area (Å²) in [6.07, 6.45) is 5.19. The topological polar surface area (TPSA) is 95.4 Å². The van der Waals surface area contributed by atoms with E-state index in [0.29, 0.717) is 18.1 Å². The van der Waals surface area contributed by atoms with E-state index in [1.807, 2.05) is 4.90 Å². The van der Waals surface area contributed by atoms with Gasteiger partial charge in [-0.25, -0.2) is 14.8 Å². The van der Waals surface area contributed by atoms with Crippen LogP contribution < -0.4 is 10.2 Å². The summed E-state index contributed by atoms with van der Waals surface area (Å²) in [6, 6.07) is 6.39. The molecule has 1 aliphatic heterocycles. The SMILES string of the molecule is Cc1cc(C(=O)O)cc(C(=O)NC2CCCN(c3ncccn3)C2)c1. The van der Waals surface area contributed by atoms with Gasteiger partial charge in [-0.15, -0.1) is 0 Å². The Kier molecular flexibility index (Phi) is 4.92. The summed E-state index contributed by atoms with van der Waals surface area (Å²) >= 11 is 0. The number of aromatic nitrogens is 2. The van der Waals surface area contributed by atoms with E-state index in [2.05, 4.69) is 15.3 Å². The molecule has 1 fully saturated rings. The zero-order chi connectivity index (χ0) is 17.8. The van der Waals surface area contributed by atoms with Crippen LogP contribution in [0.4, 0.5) is 5.95 Å². The molecule has 2 heterocycles. The third-order valence-electron chi connectivity index (χ3n) is 4.18. The molecule has 1 amide bonds. The maximum absolute atomic E-state index is 12.5. The van der Waals surface area contributed by atoms with Gasteiger partial charge in [-0.2, -0.15) is 0 Å². The summed E-state index contributed by atoms with van der Waals surface area (Å²) in [5.74, 6) is -0.639. The first-order valence-corrected chi connectivity index (χ1v) is 8.21. The monoisotopic (exact) mass is 340 g/mol. The zero-order valence-electron chi connectivity index (χ0n) is 14.0. The lowest BCUT2D eigenvalue weighted by atomic mass is 10.0. The number of piperidine rings is 1. The highest BCUT2D eigenvalue weighted by Gasteiger charge is 2.23. The molecule has 1 saturated heterocycles. The molecule has 130 valence electrons. The minimum absolute atomic E-state index is 0.0288. The van der Waals surface area contributed by atoms with Crippen LogP contribution in [0.25, 0.3) is 0 Å². The lowest BCUT2D eigenvalue weighted by molar-refractivity contribution is 0.0696. The summed E-state index contributed by atoms with van der Waals surface area (Å²) in [5, 5.41) is 12.1. The second-order valence-electron chi connectivity index (χ2n) is 6.20. The molecule has 2 N–H and O–H groups in total. The van der Waals surface area contributed by atoms with Gasteiger partial charge in [0.1, 0.15) is 0 Å². The Morgan fingerprint density at radius 1 is 1.20 bits per heavy atom. The molecule has 0 bridgehead atoms. The van der Waals surface area contributed by atoms with E-state index in [0.717, 1.165) is 24.9 Å². The van der Waals surface area contributed by atoms with Crippen LogP contribution in [0.3, 0.4) is 0 Å². The van der Waals surface area contributed by atoms with Gasteiger partial charge in [0.15, 0.2) is 0 Å². The lowest BCUT2D eigenvalue weighted by Crippen LogP contribution is -2.48. The van der Waals surface area contributed by atoms with Gasteiger partial charge in [0.2, 0.25) is 5.95 Å². The van der Waals surface area contributed by atoms with E-state index in [1.54, 1.807) is 37.5 Å². The number of aryl methyl sites for hydroxylation is 1. The van der Waals surface area contributed by atoms with Crippen molar-refractivity contribution in [2.75, 3.05) is 18.0 Å². The third-order valence-corrected chi connectivity index (χ3v) is 4.18. The van der Waals surface area contributed by atoms with Crippen LogP contribution in [-0.4, -0.2) is 46.1 Å². The molecule has 7 heteroatoms. The van der Waals surface area contributed by atoms with Crippen molar-refractivity contribution in [3.05, 3.63) is 53.3 Å². The lowest BCUT2D eigenvalue weighted by Gasteiger charge is -2.33. The number of nitrogens with one attached hydrogen (secondary N) is 1. The van der Waals surface area contributed by atoms with E-state index < -0.39 is 5.97 Å². The van der Waals surface area contributed by atoms with Gasteiger partial charge in [0.25, 0.3) is 5.91 Å². The smallest absolute Gasteiger partial charge is 0.335 e. The van der Waals surface area contributed by atoms with Crippen molar-refractivity contribution in [1.29, 1.82) is 0 Å². The van der Waals surface area contributed by atoms with E-state index >= 15 is 0 Å². The first-order valence-electron chi connectivity index (χ1n) is 8.21. The summed E-state index contributed by atoms with van der Waals surface area (Å²) in [5.41, 5.74) is 1.23. The van der Waals surface area contributed by atoms with Gasteiger partial charge in [0.05, 0.1) is 5.56 Å². The first kappa shape index (κ1) is 16.9. The predicted molar refractivity (Wildman–Crippen MR) is 92.9 cm³/mol. The number of carbonyl (C=O) groups is 2. The number of amides is 1. The van der Waals surface area contributed by atoms with Crippen LogP contribution in [0, 0.1) is 6.92 Å². The van der Waals surface area contributed by atoms with Crippen molar-refractivity contribution in [2.24, 2.45) is 0 Å². The molecular weight excluding hydrogens is 320 g/mol. The molecule has 1 unspecified atom stereocenters. The van der Waals surface area contributed by atoms with Crippen molar-refractivity contribution >= 4 is 17.8 Å². The second kappa shape index (κ2) is 7.29. The largest absolute Gasteiger partial charge is 0.478 e. The molecule has 1 atom stereocenters. The molecule has 7 nitrogen and oxygen atoms in total. The fraction of sp³-hybridized carbons (Fsp3) is 0.333. The number of hydrogen-bond donors (Lipinski definition) is 2. The van der Waals surface area contributed by atoms with Crippen LogP contribution in [0.2, 0.25) is 0 Å². The van der Waals surface area contributed by atoms with Gasteiger partial charge in [-0.1, -0.05) is 0 Å². The Labute approximate surface area is 145 Å². The van der Waals surface area contributed by atoms with Crippen LogP contribution in [0.1, 0.15) is 39.1 Å². The molecule has 1 aromatic carbocycles. The number of benzene rings is 1. The van der Waals surface area contributed by atoms with Crippen LogP contribution in [0.5, 0.6) is 0 Å². The summed E-state index contributed by atoms with van der Waals surface area (Å²) < 4.78 is 0. The van der Waals surface area contributed by atoms with Gasteiger partial charge >= 0.3 is 5.97 Å². The summed E-state index contributed by atoms with van der Waals surface area (Å²) in [7, 11) is 0. The summed E-state index contributed by atoms with van der Waals surface area (Å²) in [4.78, 5) is 34.3. The average molecular weight is 340 g/mol. The Morgan fingerprint density at radius 3 is 2.64 bits per heavy atom. The fourth-order valence-electron chi connectivity index (χ4n) is 3.04. The Bertz CT molecular complexity index is 779. The van der Waals surface area contributed by atoms with E-state index in [1.165, 1.54) is 6.07 Å². The molecule has 1 aliphatic rings.